The van der Waals surface area contributed by atoms with Gasteiger partial charge in [0, 0.05) is 25.1 Å². The number of nitrogens with one attached hydrogen (secondary N) is 1. The van der Waals surface area contributed by atoms with Gasteiger partial charge in [-0.05, 0) is 23.6 Å². The molecule has 0 aliphatic carbocycles. The predicted octanol–water partition coefficient (Wildman–Crippen LogP) is 4.61. The van der Waals surface area contributed by atoms with Crippen molar-refractivity contribution < 1.29 is 4.79 Å². The maximum absolute atomic E-state index is 12.2. The first-order valence-electron chi connectivity index (χ1n) is 8.17. The molecule has 0 amide bonds. The molecule has 0 aromatic heterocycles. The monoisotopic (exact) mass is 273 g/mol. The fourth-order valence-electron chi connectivity index (χ4n) is 2.86. The van der Waals surface area contributed by atoms with Gasteiger partial charge in [0.15, 0.2) is 5.78 Å². The molecule has 0 saturated heterocycles. The molecule has 0 fully saturated rings. The summed E-state index contributed by atoms with van der Waals surface area (Å²) in [6, 6.07) is 6.18. The fraction of sp³-hybridized carbons (Fsp3) is 0.611. The topological polar surface area (TPSA) is 29.1 Å². The summed E-state index contributed by atoms with van der Waals surface area (Å²) in [6.45, 7) is 4.10. The van der Waals surface area contributed by atoms with Crippen molar-refractivity contribution in [2.45, 2.75) is 71.4 Å². The van der Waals surface area contributed by atoms with E-state index in [0.29, 0.717) is 12.2 Å². The van der Waals surface area contributed by atoms with E-state index in [1.807, 2.05) is 6.07 Å². The van der Waals surface area contributed by atoms with Gasteiger partial charge in [-0.2, -0.15) is 0 Å². The number of fused-ring (bicyclic) bond motifs is 1. The van der Waals surface area contributed by atoms with Gasteiger partial charge >= 0.3 is 0 Å². The van der Waals surface area contributed by atoms with E-state index < -0.39 is 0 Å². The normalized spacial score (nSPS) is 13.4. The Morgan fingerprint density at radius 1 is 1.00 bits per heavy atom. The number of Topliss-reactive ketones (excluding diaryl/α,β-unsaturated/α-hetero) is 1. The third kappa shape index (κ3) is 4.45. The van der Waals surface area contributed by atoms with E-state index in [-0.39, 0.29) is 0 Å². The third-order valence-electron chi connectivity index (χ3n) is 4.17. The lowest BCUT2D eigenvalue weighted by Crippen LogP contribution is -2.01. The molecule has 1 aromatic carbocycles. The molecule has 1 aliphatic rings. The zero-order chi connectivity index (χ0) is 14.2. The minimum Gasteiger partial charge on any atom is -0.309 e. The van der Waals surface area contributed by atoms with Gasteiger partial charge in [-0.15, -0.1) is 0 Å². The quantitative estimate of drug-likeness (QED) is 0.525. The van der Waals surface area contributed by atoms with Gasteiger partial charge in [-0.1, -0.05) is 57.6 Å². The van der Waals surface area contributed by atoms with Gasteiger partial charge in [0.25, 0.3) is 0 Å². The Labute approximate surface area is 123 Å². The van der Waals surface area contributed by atoms with Gasteiger partial charge < -0.3 is 5.32 Å². The smallest absolute Gasteiger partial charge is 0.162 e. The second-order valence-corrected chi connectivity index (χ2v) is 5.88. The van der Waals surface area contributed by atoms with Crippen LogP contribution in [0.1, 0.15) is 79.8 Å². The lowest BCUT2D eigenvalue weighted by atomic mass is 10.00. The molecule has 1 aromatic rings. The summed E-state index contributed by atoms with van der Waals surface area (Å²) in [5.41, 5.74) is 3.55. The van der Waals surface area contributed by atoms with Crippen molar-refractivity contribution in [3.05, 3.63) is 34.9 Å². The van der Waals surface area contributed by atoms with Crippen LogP contribution in [0.25, 0.3) is 0 Å². The summed E-state index contributed by atoms with van der Waals surface area (Å²) in [4.78, 5) is 12.2. The van der Waals surface area contributed by atoms with Crippen molar-refractivity contribution in [1.29, 1.82) is 0 Å². The molecule has 20 heavy (non-hydrogen) atoms. The number of ketones is 1. The van der Waals surface area contributed by atoms with Crippen LogP contribution in [-0.2, 0) is 13.1 Å². The maximum atomic E-state index is 12.2. The minimum atomic E-state index is 0.313. The summed E-state index contributed by atoms with van der Waals surface area (Å²) < 4.78 is 0. The first-order valence-corrected chi connectivity index (χ1v) is 8.17. The van der Waals surface area contributed by atoms with E-state index >= 15 is 0 Å². The molecule has 2 heteroatoms. The van der Waals surface area contributed by atoms with E-state index in [1.54, 1.807) is 0 Å². The van der Waals surface area contributed by atoms with Crippen molar-refractivity contribution in [3.63, 3.8) is 0 Å². The summed E-state index contributed by atoms with van der Waals surface area (Å²) in [5.74, 6) is 0.313. The summed E-state index contributed by atoms with van der Waals surface area (Å²) in [7, 11) is 0. The Hall–Kier alpha value is -1.15. The van der Waals surface area contributed by atoms with Crippen molar-refractivity contribution in [3.8, 4) is 0 Å². The van der Waals surface area contributed by atoms with Crippen LogP contribution in [0.2, 0.25) is 0 Å². The number of benzene rings is 1. The number of carbonyl (C=O) groups is 1. The van der Waals surface area contributed by atoms with Crippen LogP contribution < -0.4 is 5.32 Å². The molecule has 0 radical (unpaired) electrons. The Morgan fingerprint density at radius 3 is 2.50 bits per heavy atom. The molecule has 0 atom stereocenters. The fourth-order valence-corrected chi connectivity index (χ4v) is 2.86. The zero-order valence-corrected chi connectivity index (χ0v) is 12.7. The molecule has 0 bridgehead atoms. The van der Waals surface area contributed by atoms with Crippen LogP contribution in [0.4, 0.5) is 0 Å². The molecule has 1 heterocycles. The van der Waals surface area contributed by atoms with Crippen molar-refractivity contribution in [2.24, 2.45) is 0 Å². The zero-order valence-electron chi connectivity index (χ0n) is 12.7. The molecule has 2 rings (SSSR count). The number of hydrogen-bond donors (Lipinski definition) is 1. The molecule has 110 valence electrons. The van der Waals surface area contributed by atoms with Crippen molar-refractivity contribution in [2.75, 3.05) is 0 Å². The summed E-state index contributed by atoms with van der Waals surface area (Å²) in [5, 5.41) is 3.32. The number of carbonyl (C=O) groups excluding carboxylic acids is 1. The average molecular weight is 273 g/mol. The summed E-state index contributed by atoms with van der Waals surface area (Å²) >= 11 is 0. The van der Waals surface area contributed by atoms with Crippen LogP contribution in [0, 0.1) is 0 Å². The van der Waals surface area contributed by atoms with Gasteiger partial charge in [-0.25, -0.2) is 0 Å². The SMILES string of the molecule is CCCCCCCCCC(=O)c1ccc2c(c1)CNC2. The predicted molar refractivity (Wildman–Crippen MR) is 83.9 cm³/mol. The van der Waals surface area contributed by atoms with Gasteiger partial charge in [0.05, 0.1) is 0 Å². The van der Waals surface area contributed by atoms with E-state index in [9.17, 15) is 4.79 Å². The molecule has 0 unspecified atom stereocenters. The Balaban J connectivity index is 1.67. The Morgan fingerprint density at radius 2 is 1.70 bits per heavy atom. The highest BCUT2D eigenvalue weighted by atomic mass is 16.1. The Bertz CT molecular complexity index is 439. The van der Waals surface area contributed by atoms with Crippen LogP contribution in [-0.4, -0.2) is 5.78 Å². The van der Waals surface area contributed by atoms with Gasteiger partial charge in [0.2, 0.25) is 0 Å². The third-order valence-corrected chi connectivity index (χ3v) is 4.17. The average Bonchev–Trinajstić information content (AvgIpc) is 2.93. The van der Waals surface area contributed by atoms with Gasteiger partial charge in [-0.3, -0.25) is 4.79 Å². The number of rotatable bonds is 9. The first-order chi connectivity index (χ1) is 9.81. The van der Waals surface area contributed by atoms with E-state index in [4.69, 9.17) is 0 Å². The first kappa shape index (κ1) is 15.2. The molecule has 1 aliphatic heterocycles. The minimum absolute atomic E-state index is 0.313. The van der Waals surface area contributed by atoms with E-state index in [1.165, 1.54) is 49.7 Å². The van der Waals surface area contributed by atoms with E-state index in [2.05, 4.69) is 24.4 Å². The molecular formula is C18H27NO. The van der Waals surface area contributed by atoms with E-state index in [0.717, 1.165) is 25.1 Å². The van der Waals surface area contributed by atoms with Crippen LogP contribution in [0.15, 0.2) is 18.2 Å². The molecule has 0 spiro atoms. The lowest BCUT2D eigenvalue weighted by molar-refractivity contribution is 0.0979. The highest BCUT2D eigenvalue weighted by Gasteiger charge is 2.13. The summed E-state index contributed by atoms with van der Waals surface area (Å²) in [6.07, 6.45) is 9.55. The molecule has 1 N–H and O–H groups in total. The van der Waals surface area contributed by atoms with Crippen LogP contribution >= 0.6 is 0 Å². The number of unbranched alkanes of at least 4 members (excludes halogenated alkanes) is 6. The Kier molecular flexibility index (Phi) is 6.25. The molecule has 2 nitrogen and oxygen atoms in total. The van der Waals surface area contributed by atoms with Crippen molar-refractivity contribution >= 4 is 5.78 Å². The second-order valence-electron chi connectivity index (χ2n) is 5.88. The van der Waals surface area contributed by atoms with Gasteiger partial charge in [0.1, 0.15) is 0 Å². The molecule has 0 saturated carbocycles. The van der Waals surface area contributed by atoms with Crippen LogP contribution in [0.5, 0.6) is 0 Å². The highest BCUT2D eigenvalue weighted by Crippen LogP contribution is 2.19. The van der Waals surface area contributed by atoms with Crippen LogP contribution in [0.3, 0.4) is 0 Å². The second kappa shape index (κ2) is 8.21. The standard InChI is InChI=1S/C18H27NO/c1-2-3-4-5-6-7-8-9-18(20)15-10-11-16-13-19-14-17(16)12-15/h10-12,19H,2-9,13-14H2,1H3. The number of hydrogen-bond acceptors (Lipinski definition) is 2. The highest BCUT2D eigenvalue weighted by molar-refractivity contribution is 5.96. The lowest BCUT2D eigenvalue weighted by Gasteiger charge is -2.04. The van der Waals surface area contributed by atoms with Crippen molar-refractivity contribution in [1.82, 2.24) is 5.32 Å². The molecular weight excluding hydrogens is 246 g/mol. The largest absolute Gasteiger partial charge is 0.309 e. The maximum Gasteiger partial charge on any atom is 0.162 e.